The number of rotatable bonds is 9. The molecular formula is C25H27N5O4. The quantitative estimate of drug-likeness (QED) is 0.260. The molecule has 0 bridgehead atoms. The summed E-state index contributed by atoms with van der Waals surface area (Å²) >= 11 is 0. The number of nitrogens with one attached hydrogen (secondary N) is 4. The number of nitrogens with zero attached hydrogens (tertiary/aromatic N) is 1. The highest BCUT2D eigenvalue weighted by Crippen LogP contribution is 2.38. The van der Waals surface area contributed by atoms with Gasteiger partial charge in [0.2, 0.25) is 5.91 Å². The number of phenols is 1. The van der Waals surface area contributed by atoms with Crippen LogP contribution in [0.3, 0.4) is 0 Å². The van der Waals surface area contributed by atoms with Crippen molar-refractivity contribution in [2.45, 2.75) is 18.9 Å². The van der Waals surface area contributed by atoms with Gasteiger partial charge in [-0.25, -0.2) is 4.98 Å². The fourth-order valence-corrected chi connectivity index (χ4v) is 4.06. The first-order chi connectivity index (χ1) is 16.5. The van der Waals surface area contributed by atoms with E-state index in [9.17, 15) is 14.7 Å². The number of aromatic nitrogens is 2. The number of phenolic OH excluding ortho intramolecular Hbond substituents is 1. The molecule has 0 spiro atoms. The van der Waals surface area contributed by atoms with E-state index in [-0.39, 0.29) is 17.6 Å². The number of furan rings is 1. The van der Waals surface area contributed by atoms with E-state index >= 15 is 0 Å². The third-order valence-electron chi connectivity index (χ3n) is 5.74. The number of hydrogen-bond donors (Lipinski definition) is 5. The van der Waals surface area contributed by atoms with Crippen LogP contribution in [0, 0.1) is 0 Å². The molecule has 0 aliphatic carbocycles. The van der Waals surface area contributed by atoms with E-state index in [2.05, 4.69) is 25.9 Å². The zero-order chi connectivity index (χ0) is 24.1. The van der Waals surface area contributed by atoms with Gasteiger partial charge in [0.25, 0.3) is 5.91 Å². The van der Waals surface area contributed by atoms with Crippen molar-refractivity contribution in [1.29, 1.82) is 0 Å². The molecule has 9 nitrogen and oxygen atoms in total. The highest BCUT2D eigenvalue weighted by Gasteiger charge is 2.25. The number of H-pyrrole nitrogens is 1. The van der Waals surface area contributed by atoms with Gasteiger partial charge in [0.15, 0.2) is 0 Å². The van der Waals surface area contributed by atoms with Crippen molar-refractivity contribution < 1.29 is 19.1 Å². The number of imidazole rings is 1. The molecule has 176 valence electrons. The van der Waals surface area contributed by atoms with Gasteiger partial charge in [-0.1, -0.05) is 30.3 Å². The molecule has 2 amide bonds. The Bertz CT molecular complexity index is 1280. The zero-order valence-corrected chi connectivity index (χ0v) is 19.0. The van der Waals surface area contributed by atoms with Crippen molar-refractivity contribution in [3.63, 3.8) is 0 Å². The average Bonchev–Trinajstić information content (AvgIpc) is 3.52. The smallest absolute Gasteiger partial charge is 0.255 e. The van der Waals surface area contributed by atoms with Gasteiger partial charge in [-0.15, -0.1) is 0 Å². The molecule has 34 heavy (non-hydrogen) atoms. The topological polar surface area (TPSA) is 132 Å². The summed E-state index contributed by atoms with van der Waals surface area (Å²) in [5.41, 5.74) is 3.04. The number of likely N-dealkylation sites (N-methyl/N-ethyl adjacent to an activating group) is 1. The van der Waals surface area contributed by atoms with Crippen molar-refractivity contribution in [3.05, 3.63) is 71.8 Å². The van der Waals surface area contributed by atoms with Gasteiger partial charge in [-0.05, 0) is 18.6 Å². The molecule has 2 aromatic carbocycles. The number of carbonyl (C=O) groups excluding carboxylic acids is 2. The number of benzene rings is 2. The molecular weight excluding hydrogens is 434 g/mol. The van der Waals surface area contributed by atoms with Crippen LogP contribution in [-0.4, -0.2) is 53.6 Å². The Kier molecular flexibility index (Phi) is 6.93. The molecule has 4 aromatic rings. The molecule has 2 aromatic heterocycles. The predicted octanol–water partition coefficient (Wildman–Crippen LogP) is 2.38. The Morgan fingerprint density at radius 1 is 1.12 bits per heavy atom. The van der Waals surface area contributed by atoms with Gasteiger partial charge in [0.05, 0.1) is 17.9 Å². The molecule has 4 rings (SSSR count). The first kappa shape index (κ1) is 23.1. The van der Waals surface area contributed by atoms with Crippen molar-refractivity contribution in [2.75, 3.05) is 20.6 Å². The van der Waals surface area contributed by atoms with Gasteiger partial charge in [0, 0.05) is 55.5 Å². The summed E-state index contributed by atoms with van der Waals surface area (Å²) in [5.74, 6) is 0.0415. The van der Waals surface area contributed by atoms with Gasteiger partial charge in [0.1, 0.15) is 17.1 Å². The van der Waals surface area contributed by atoms with E-state index in [0.717, 1.165) is 11.3 Å². The van der Waals surface area contributed by atoms with Crippen molar-refractivity contribution in [2.24, 2.45) is 0 Å². The maximum Gasteiger partial charge on any atom is 0.255 e. The molecule has 0 aliphatic rings. The Balaban J connectivity index is 1.67. The van der Waals surface area contributed by atoms with Crippen molar-refractivity contribution in [1.82, 2.24) is 25.9 Å². The first-order valence-electron chi connectivity index (χ1n) is 11.0. The third-order valence-corrected chi connectivity index (χ3v) is 5.74. The molecule has 0 aliphatic heterocycles. The summed E-state index contributed by atoms with van der Waals surface area (Å²) < 4.78 is 6.09. The van der Waals surface area contributed by atoms with Gasteiger partial charge >= 0.3 is 0 Å². The third kappa shape index (κ3) is 4.65. The van der Waals surface area contributed by atoms with Crippen molar-refractivity contribution >= 4 is 22.8 Å². The molecule has 0 fully saturated rings. The van der Waals surface area contributed by atoms with Crippen LogP contribution in [0.4, 0.5) is 0 Å². The number of fused-ring (bicyclic) bond motifs is 1. The summed E-state index contributed by atoms with van der Waals surface area (Å²) in [7, 11) is 3.14. The van der Waals surface area contributed by atoms with E-state index in [1.165, 1.54) is 0 Å². The second kappa shape index (κ2) is 10.2. The van der Waals surface area contributed by atoms with Crippen LogP contribution < -0.4 is 16.0 Å². The fraction of sp³-hybridized carbons (Fsp3) is 0.240. The van der Waals surface area contributed by atoms with E-state index in [0.29, 0.717) is 47.2 Å². The van der Waals surface area contributed by atoms with E-state index < -0.39 is 6.04 Å². The highest BCUT2D eigenvalue weighted by atomic mass is 16.3. The summed E-state index contributed by atoms with van der Waals surface area (Å²) in [5, 5.41) is 19.9. The van der Waals surface area contributed by atoms with Crippen LogP contribution in [0.2, 0.25) is 0 Å². The minimum Gasteiger partial charge on any atom is -0.508 e. The molecule has 0 saturated carbocycles. The monoisotopic (exact) mass is 461 g/mol. The number of carbonyl (C=O) groups is 2. The molecule has 1 atom stereocenters. The second-order valence-corrected chi connectivity index (χ2v) is 7.84. The van der Waals surface area contributed by atoms with Crippen LogP contribution in [0.25, 0.3) is 22.3 Å². The summed E-state index contributed by atoms with van der Waals surface area (Å²) in [4.78, 5) is 32.3. The first-order valence-corrected chi connectivity index (χ1v) is 11.0. The Hall–Kier alpha value is -4.11. The maximum atomic E-state index is 12.9. The van der Waals surface area contributed by atoms with Gasteiger partial charge < -0.3 is 30.5 Å². The van der Waals surface area contributed by atoms with Crippen molar-refractivity contribution in [3.8, 4) is 17.1 Å². The molecule has 5 N–H and O–H groups in total. The largest absolute Gasteiger partial charge is 0.508 e. The lowest BCUT2D eigenvalue weighted by Gasteiger charge is -2.17. The van der Waals surface area contributed by atoms with Crippen LogP contribution >= 0.6 is 0 Å². The van der Waals surface area contributed by atoms with Crippen LogP contribution in [-0.2, 0) is 17.6 Å². The van der Waals surface area contributed by atoms with Gasteiger partial charge in [-0.3, -0.25) is 9.59 Å². The Labute approximate surface area is 196 Å². The lowest BCUT2D eigenvalue weighted by atomic mass is 9.98. The molecule has 0 unspecified atom stereocenters. The minimum atomic E-state index is -0.491. The highest BCUT2D eigenvalue weighted by molar-refractivity contribution is 6.12. The molecule has 0 saturated heterocycles. The summed E-state index contributed by atoms with van der Waals surface area (Å²) in [6.07, 6.45) is 4.05. The number of amides is 2. The van der Waals surface area contributed by atoms with E-state index in [1.54, 1.807) is 38.8 Å². The fourth-order valence-electron chi connectivity index (χ4n) is 4.06. The van der Waals surface area contributed by atoms with Crippen LogP contribution in [0.5, 0.6) is 5.75 Å². The standard InChI is InChI=1S/C25H27N5O4/c1-26-24(32)18(12-16-13-28-14-30-16)29-11-10-17-19(31)8-9-20-21(17)22(25(33)27-2)23(34-20)15-6-4-3-5-7-15/h3-9,13-14,18,29,31H,10-12H2,1-2H3,(H,26,32)(H,27,33)(H,28,30)/t18-/m0/s1. The van der Waals surface area contributed by atoms with Gasteiger partial charge in [-0.2, -0.15) is 0 Å². The molecule has 0 radical (unpaired) electrons. The maximum absolute atomic E-state index is 12.9. The number of hydrogen-bond acceptors (Lipinski definition) is 6. The molecule has 2 heterocycles. The predicted molar refractivity (Wildman–Crippen MR) is 129 cm³/mol. The number of aromatic amines is 1. The Morgan fingerprint density at radius 2 is 1.91 bits per heavy atom. The molecule has 9 heteroatoms. The minimum absolute atomic E-state index is 0.0601. The lowest BCUT2D eigenvalue weighted by molar-refractivity contribution is -0.122. The normalized spacial score (nSPS) is 11.9. The summed E-state index contributed by atoms with van der Waals surface area (Å²) in [6, 6.07) is 12.1. The SMILES string of the molecule is CNC(=O)c1c(-c2ccccc2)oc2ccc(O)c(CCN[C@@H](Cc3cnc[nH]3)C(=O)NC)c12. The van der Waals surface area contributed by atoms with Crippen LogP contribution in [0.1, 0.15) is 21.6 Å². The zero-order valence-electron chi connectivity index (χ0n) is 19.0. The second-order valence-electron chi connectivity index (χ2n) is 7.84. The lowest BCUT2D eigenvalue weighted by Crippen LogP contribution is -2.45. The average molecular weight is 462 g/mol. The summed E-state index contributed by atoms with van der Waals surface area (Å²) in [6.45, 7) is 0.387. The van der Waals surface area contributed by atoms with Crippen LogP contribution in [0.15, 0.2) is 59.4 Å². The Morgan fingerprint density at radius 3 is 2.59 bits per heavy atom. The van der Waals surface area contributed by atoms with E-state index in [1.807, 2.05) is 30.3 Å². The van der Waals surface area contributed by atoms with E-state index in [4.69, 9.17) is 4.42 Å². The number of aromatic hydroxyl groups is 1.